The largest absolute Gasteiger partial charge is 0.497 e. The Labute approximate surface area is 137 Å². The molecule has 2 N–H and O–H groups in total. The van der Waals surface area contributed by atoms with Crippen LogP contribution in [0.1, 0.15) is 29.3 Å². The van der Waals surface area contributed by atoms with Gasteiger partial charge in [-0.2, -0.15) is 0 Å². The summed E-state index contributed by atoms with van der Waals surface area (Å²) in [5.41, 5.74) is 1.81. The van der Waals surface area contributed by atoms with Gasteiger partial charge in [-0.3, -0.25) is 4.79 Å². The summed E-state index contributed by atoms with van der Waals surface area (Å²) in [6, 6.07) is 11.6. The lowest BCUT2D eigenvalue weighted by molar-refractivity contribution is 0.0953. The van der Waals surface area contributed by atoms with Gasteiger partial charge < -0.3 is 15.4 Å². The quantitative estimate of drug-likeness (QED) is 0.786. The summed E-state index contributed by atoms with van der Waals surface area (Å²) in [6.45, 7) is 3.48. The number of ether oxygens (including phenoxy) is 1. The van der Waals surface area contributed by atoms with Crippen LogP contribution < -0.4 is 15.4 Å². The van der Waals surface area contributed by atoms with Gasteiger partial charge in [0.15, 0.2) is 0 Å². The maximum absolute atomic E-state index is 11.8. The van der Waals surface area contributed by atoms with Crippen LogP contribution >= 0.6 is 0 Å². The van der Waals surface area contributed by atoms with E-state index in [0.29, 0.717) is 12.1 Å². The highest BCUT2D eigenvalue weighted by molar-refractivity contribution is 5.93. The van der Waals surface area contributed by atoms with Crippen molar-refractivity contribution < 1.29 is 9.53 Å². The lowest BCUT2D eigenvalue weighted by Gasteiger charge is -2.08. The van der Waals surface area contributed by atoms with Gasteiger partial charge in [-0.15, -0.1) is 0 Å². The molecule has 0 radical (unpaired) electrons. The molecule has 2 aromatic rings. The van der Waals surface area contributed by atoms with Crippen LogP contribution in [0.5, 0.6) is 5.75 Å². The third-order valence-electron chi connectivity index (χ3n) is 3.44. The first-order valence-electron chi connectivity index (χ1n) is 7.84. The number of hydrogen-bond donors (Lipinski definition) is 2. The van der Waals surface area contributed by atoms with E-state index in [-0.39, 0.29) is 5.91 Å². The van der Waals surface area contributed by atoms with Crippen molar-refractivity contribution >= 4 is 11.7 Å². The molecule has 0 saturated heterocycles. The molecular weight excluding hydrogens is 290 g/mol. The van der Waals surface area contributed by atoms with Gasteiger partial charge in [0, 0.05) is 19.3 Å². The van der Waals surface area contributed by atoms with Crippen LogP contribution in [0.4, 0.5) is 5.82 Å². The molecule has 0 atom stereocenters. The van der Waals surface area contributed by atoms with Gasteiger partial charge in [0.05, 0.1) is 12.7 Å². The number of carbonyl (C=O) groups is 1. The minimum Gasteiger partial charge on any atom is -0.497 e. The Hall–Kier alpha value is -2.56. The number of nitrogens with one attached hydrogen (secondary N) is 2. The van der Waals surface area contributed by atoms with Crippen molar-refractivity contribution in [1.29, 1.82) is 0 Å². The summed E-state index contributed by atoms with van der Waals surface area (Å²) in [4.78, 5) is 16.1. The minimum absolute atomic E-state index is 0.0795. The van der Waals surface area contributed by atoms with Crippen molar-refractivity contribution in [3.8, 4) is 5.75 Å². The van der Waals surface area contributed by atoms with E-state index in [1.807, 2.05) is 25.1 Å². The molecular formula is C18H23N3O2. The van der Waals surface area contributed by atoms with E-state index in [4.69, 9.17) is 4.74 Å². The maximum Gasteiger partial charge on any atom is 0.252 e. The number of hydrogen-bond acceptors (Lipinski definition) is 4. The summed E-state index contributed by atoms with van der Waals surface area (Å²) in [5, 5.41) is 6.09. The number of anilines is 1. The molecule has 0 aliphatic carbocycles. The van der Waals surface area contributed by atoms with E-state index in [2.05, 4.69) is 27.8 Å². The summed E-state index contributed by atoms with van der Waals surface area (Å²) in [7, 11) is 1.66. The number of benzene rings is 1. The molecule has 0 saturated carbocycles. The molecule has 0 aliphatic rings. The van der Waals surface area contributed by atoms with Crippen LogP contribution in [0.15, 0.2) is 42.6 Å². The van der Waals surface area contributed by atoms with E-state index < -0.39 is 0 Å². The summed E-state index contributed by atoms with van der Waals surface area (Å²) < 4.78 is 5.14. The Kier molecular flexibility index (Phi) is 6.41. The fourth-order valence-electron chi connectivity index (χ4n) is 2.10. The monoisotopic (exact) mass is 313 g/mol. The molecule has 0 aliphatic heterocycles. The summed E-state index contributed by atoms with van der Waals surface area (Å²) >= 11 is 0. The van der Waals surface area contributed by atoms with Crippen LogP contribution in [-0.2, 0) is 6.42 Å². The number of rotatable bonds is 8. The van der Waals surface area contributed by atoms with E-state index in [1.165, 1.54) is 5.56 Å². The zero-order chi connectivity index (χ0) is 16.5. The van der Waals surface area contributed by atoms with Crippen molar-refractivity contribution in [3.63, 3.8) is 0 Å². The second-order valence-electron chi connectivity index (χ2n) is 5.21. The molecule has 0 fully saturated rings. The number of nitrogens with zero attached hydrogens (tertiary/aromatic N) is 1. The Morgan fingerprint density at radius 2 is 1.91 bits per heavy atom. The molecule has 1 aromatic heterocycles. The van der Waals surface area contributed by atoms with Crippen molar-refractivity contribution in [2.45, 2.75) is 19.8 Å². The third-order valence-corrected chi connectivity index (χ3v) is 3.44. The van der Waals surface area contributed by atoms with Gasteiger partial charge >= 0.3 is 0 Å². The molecule has 1 aromatic carbocycles. The molecule has 2 rings (SSSR count). The maximum atomic E-state index is 11.8. The predicted molar refractivity (Wildman–Crippen MR) is 92.0 cm³/mol. The first-order valence-corrected chi connectivity index (χ1v) is 7.84. The Morgan fingerprint density at radius 1 is 1.13 bits per heavy atom. The van der Waals surface area contributed by atoms with Gasteiger partial charge in [0.1, 0.15) is 11.6 Å². The molecule has 0 unspecified atom stereocenters. The predicted octanol–water partition coefficient (Wildman–Crippen LogP) is 2.88. The SMILES string of the molecule is CCCNC(=O)c1ccc(NCCc2ccc(OC)cc2)nc1. The average Bonchev–Trinajstić information content (AvgIpc) is 2.61. The van der Waals surface area contributed by atoms with Gasteiger partial charge in [-0.05, 0) is 42.7 Å². The molecule has 23 heavy (non-hydrogen) atoms. The summed E-state index contributed by atoms with van der Waals surface area (Å²) in [6.07, 6.45) is 3.41. The highest BCUT2D eigenvalue weighted by atomic mass is 16.5. The highest BCUT2D eigenvalue weighted by Gasteiger charge is 2.04. The first-order chi connectivity index (χ1) is 11.2. The van der Waals surface area contributed by atoms with Crippen molar-refractivity contribution in [3.05, 3.63) is 53.7 Å². The molecule has 5 nitrogen and oxygen atoms in total. The number of amides is 1. The van der Waals surface area contributed by atoms with Gasteiger partial charge in [0.2, 0.25) is 0 Å². The second kappa shape index (κ2) is 8.78. The first kappa shape index (κ1) is 16.8. The van der Waals surface area contributed by atoms with Crippen LogP contribution in [0.3, 0.4) is 0 Å². The second-order valence-corrected chi connectivity index (χ2v) is 5.21. The standard InChI is InChI=1S/C18H23N3O2/c1-3-11-20-18(22)15-6-9-17(21-13-15)19-12-10-14-4-7-16(23-2)8-5-14/h4-9,13H,3,10-12H2,1-2H3,(H,19,21)(H,20,22). The topological polar surface area (TPSA) is 63.2 Å². The normalized spacial score (nSPS) is 10.2. The molecule has 122 valence electrons. The highest BCUT2D eigenvalue weighted by Crippen LogP contribution is 2.12. The van der Waals surface area contributed by atoms with Gasteiger partial charge in [0.25, 0.3) is 5.91 Å². The molecule has 0 bridgehead atoms. The average molecular weight is 313 g/mol. The van der Waals surface area contributed by atoms with E-state index in [0.717, 1.165) is 31.0 Å². The van der Waals surface area contributed by atoms with Crippen molar-refractivity contribution in [2.75, 3.05) is 25.5 Å². The fraction of sp³-hybridized carbons (Fsp3) is 0.333. The van der Waals surface area contributed by atoms with E-state index in [9.17, 15) is 4.79 Å². The Balaban J connectivity index is 1.80. The summed E-state index contributed by atoms with van der Waals surface area (Å²) in [5.74, 6) is 1.55. The van der Waals surface area contributed by atoms with Crippen LogP contribution in [0.25, 0.3) is 0 Å². The number of methoxy groups -OCH3 is 1. The number of carbonyl (C=O) groups excluding carboxylic acids is 1. The van der Waals surface area contributed by atoms with Gasteiger partial charge in [-0.25, -0.2) is 4.98 Å². The zero-order valence-corrected chi connectivity index (χ0v) is 13.6. The third kappa shape index (κ3) is 5.29. The smallest absolute Gasteiger partial charge is 0.252 e. The minimum atomic E-state index is -0.0795. The van der Waals surface area contributed by atoms with Crippen molar-refractivity contribution in [2.24, 2.45) is 0 Å². The van der Waals surface area contributed by atoms with E-state index in [1.54, 1.807) is 19.4 Å². The van der Waals surface area contributed by atoms with Crippen LogP contribution in [-0.4, -0.2) is 31.1 Å². The van der Waals surface area contributed by atoms with E-state index >= 15 is 0 Å². The zero-order valence-electron chi connectivity index (χ0n) is 13.6. The fourth-order valence-corrected chi connectivity index (χ4v) is 2.10. The molecule has 1 amide bonds. The molecule has 0 spiro atoms. The lowest BCUT2D eigenvalue weighted by atomic mass is 10.1. The lowest BCUT2D eigenvalue weighted by Crippen LogP contribution is -2.24. The molecule has 5 heteroatoms. The van der Waals surface area contributed by atoms with Crippen LogP contribution in [0.2, 0.25) is 0 Å². The Morgan fingerprint density at radius 3 is 2.52 bits per heavy atom. The Bertz CT molecular complexity index is 609. The number of aromatic nitrogens is 1. The van der Waals surface area contributed by atoms with Gasteiger partial charge in [-0.1, -0.05) is 19.1 Å². The number of pyridine rings is 1. The van der Waals surface area contributed by atoms with Crippen molar-refractivity contribution in [1.82, 2.24) is 10.3 Å². The molecule has 1 heterocycles. The van der Waals surface area contributed by atoms with Crippen LogP contribution in [0, 0.1) is 0 Å².